The van der Waals surface area contributed by atoms with Crippen LogP contribution in [0.1, 0.15) is 32.1 Å². The molecule has 1 rings (SSSR count). The molecule has 0 atom stereocenters. The predicted octanol–water partition coefficient (Wildman–Crippen LogP) is 0.811. The van der Waals surface area contributed by atoms with E-state index in [2.05, 4.69) is 11.0 Å². The van der Waals surface area contributed by atoms with Crippen molar-refractivity contribution in [3.8, 4) is 0 Å². The molecular formula is C11H24N2O3S2. The van der Waals surface area contributed by atoms with E-state index in [0.717, 1.165) is 12.8 Å². The molecule has 5 nitrogen and oxygen atoms in total. The Morgan fingerprint density at radius 1 is 1.39 bits per heavy atom. The minimum atomic E-state index is -3.41. The van der Waals surface area contributed by atoms with Gasteiger partial charge in [-0.25, -0.2) is 4.72 Å². The number of thioether (sulfide) groups is 1. The Bertz CT molecular complexity index is 340. The lowest BCUT2D eigenvalue weighted by Crippen LogP contribution is -2.45. The summed E-state index contributed by atoms with van der Waals surface area (Å²) in [5.74, 6) is 0. The van der Waals surface area contributed by atoms with Gasteiger partial charge in [0.2, 0.25) is 0 Å². The highest BCUT2D eigenvalue weighted by atomic mass is 32.2. The van der Waals surface area contributed by atoms with E-state index < -0.39 is 10.2 Å². The van der Waals surface area contributed by atoms with E-state index in [1.165, 1.54) is 17.1 Å². The highest BCUT2D eigenvalue weighted by molar-refractivity contribution is 8.00. The Kier molecular flexibility index (Phi) is 6.40. The van der Waals surface area contributed by atoms with Gasteiger partial charge in [-0.3, -0.25) is 0 Å². The lowest BCUT2D eigenvalue weighted by atomic mass is 10.1. The first-order chi connectivity index (χ1) is 8.46. The van der Waals surface area contributed by atoms with Crippen molar-refractivity contribution in [1.29, 1.82) is 0 Å². The molecule has 1 aliphatic carbocycles. The van der Waals surface area contributed by atoms with Crippen molar-refractivity contribution in [2.24, 2.45) is 0 Å². The van der Waals surface area contributed by atoms with Crippen LogP contribution in [0.2, 0.25) is 0 Å². The van der Waals surface area contributed by atoms with Gasteiger partial charge in [-0.15, -0.1) is 0 Å². The standard InChI is InChI=1S/C11H24N2O3S2/c1-13(8-5-9-14)18(15,16)12-10-11(17-2)6-3-4-7-11/h12,14H,3-10H2,1-2H3. The monoisotopic (exact) mass is 296 g/mol. The third kappa shape index (κ3) is 4.38. The Morgan fingerprint density at radius 3 is 2.50 bits per heavy atom. The number of rotatable bonds is 8. The van der Waals surface area contributed by atoms with Gasteiger partial charge in [0.15, 0.2) is 0 Å². The van der Waals surface area contributed by atoms with Gasteiger partial charge in [0.25, 0.3) is 10.2 Å². The van der Waals surface area contributed by atoms with Crippen LogP contribution >= 0.6 is 11.8 Å². The molecule has 0 heterocycles. The van der Waals surface area contributed by atoms with Crippen molar-refractivity contribution in [3.05, 3.63) is 0 Å². The molecule has 1 saturated carbocycles. The van der Waals surface area contributed by atoms with E-state index in [0.29, 0.717) is 19.5 Å². The van der Waals surface area contributed by atoms with E-state index in [1.807, 2.05) is 0 Å². The van der Waals surface area contributed by atoms with Gasteiger partial charge in [-0.05, 0) is 25.5 Å². The summed E-state index contributed by atoms with van der Waals surface area (Å²) in [6, 6.07) is 0. The fourth-order valence-electron chi connectivity index (χ4n) is 2.22. The fourth-order valence-corrected chi connectivity index (χ4v) is 4.27. The van der Waals surface area contributed by atoms with Crippen LogP contribution in [0.5, 0.6) is 0 Å². The molecule has 0 bridgehead atoms. The Labute approximate surface area is 115 Å². The molecule has 0 aromatic heterocycles. The summed E-state index contributed by atoms with van der Waals surface area (Å²) in [7, 11) is -1.87. The average molecular weight is 296 g/mol. The van der Waals surface area contributed by atoms with E-state index in [-0.39, 0.29) is 11.4 Å². The summed E-state index contributed by atoms with van der Waals surface area (Å²) in [5, 5.41) is 8.72. The summed E-state index contributed by atoms with van der Waals surface area (Å²) >= 11 is 1.76. The van der Waals surface area contributed by atoms with Gasteiger partial charge in [0.1, 0.15) is 0 Å². The molecule has 18 heavy (non-hydrogen) atoms. The van der Waals surface area contributed by atoms with Crippen LogP contribution in [0.3, 0.4) is 0 Å². The maximum absolute atomic E-state index is 12.0. The van der Waals surface area contributed by atoms with Gasteiger partial charge >= 0.3 is 0 Å². The Hall–Kier alpha value is 0.180. The van der Waals surface area contributed by atoms with E-state index >= 15 is 0 Å². The van der Waals surface area contributed by atoms with Crippen LogP contribution in [-0.2, 0) is 10.2 Å². The molecule has 0 aliphatic heterocycles. The first kappa shape index (κ1) is 16.2. The molecule has 7 heteroatoms. The zero-order valence-electron chi connectivity index (χ0n) is 11.2. The molecular weight excluding hydrogens is 272 g/mol. The molecule has 0 spiro atoms. The Morgan fingerprint density at radius 2 is 2.00 bits per heavy atom. The lowest BCUT2D eigenvalue weighted by Gasteiger charge is -2.28. The number of hydrogen-bond donors (Lipinski definition) is 2. The smallest absolute Gasteiger partial charge is 0.279 e. The minimum absolute atomic E-state index is 0.00854. The second-order valence-corrected chi connectivity index (χ2v) is 7.96. The highest BCUT2D eigenvalue weighted by Gasteiger charge is 2.34. The highest BCUT2D eigenvalue weighted by Crippen LogP contribution is 2.39. The number of aliphatic hydroxyl groups is 1. The van der Waals surface area contributed by atoms with Crippen molar-refractivity contribution in [1.82, 2.24) is 9.03 Å². The van der Waals surface area contributed by atoms with Crippen LogP contribution in [0.25, 0.3) is 0 Å². The molecule has 0 unspecified atom stereocenters. The molecule has 1 aliphatic rings. The first-order valence-electron chi connectivity index (χ1n) is 6.33. The number of hydrogen-bond acceptors (Lipinski definition) is 4. The van der Waals surface area contributed by atoms with Crippen LogP contribution in [0.15, 0.2) is 0 Å². The van der Waals surface area contributed by atoms with Gasteiger partial charge < -0.3 is 5.11 Å². The van der Waals surface area contributed by atoms with Crippen LogP contribution < -0.4 is 4.72 Å². The van der Waals surface area contributed by atoms with Crippen LogP contribution in [0, 0.1) is 0 Å². The van der Waals surface area contributed by atoms with E-state index in [1.54, 1.807) is 18.8 Å². The summed E-state index contributed by atoms with van der Waals surface area (Å²) < 4.78 is 28.0. The summed E-state index contributed by atoms with van der Waals surface area (Å²) in [4.78, 5) is 0. The molecule has 0 radical (unpaired) electrons. The number of nitrogens with zero attached hydrogens (tertiary/aromatic N) is 1. The normalized spacial score (nSPS) is 19.6. The van der Waals surface area contributed by atoms with Crippen molar-refractivity contribution in [2.45, 2.75) is 36.9 Å². The summed E-state index contributed by atoms with van der Waals surface area (Å²) in [5.41, 5.74) is 0. The van der Waals surface area contributed by atoms with Gasteiger partial charge in [-0.2, -0.15) is 24.5 Å². The summed E-state index contributed by atoms with van der Waals surface area (Å²) in [6.45, 7) is 0.854. The molecule has 0 saturated heterocycles. The lowest BCUT2D eigenvalue weighted by molar-refractivity contribution is 0.275. The molecule has 0 amide bonds. The second-order valence-electron chi connectivity index (χ2n) is 4.82. The molecule has 0 aromatic rings. The molecule has 1 fully saturated rings. The largest absolute Gasteiger partial charge is 0.396 e. The zero-order chi connectivity index (χ0) is 13.6. The van der Waals surface area contributed by atoms with Crippen LogP contribution in [0.4, 0.5) is 0 Å². The maximum atomic E-state index is 12.0. The first-order valence-corrected chi connectivity index (χ1v) is 8.99. The third-order valence-corrected chi connectivity index (χ3v) is 6.50. The van der Waals surface area contributed by atoms with E-state index in [4.69, 9.17) is 5.11 Å². The van der Waals surface area contributed by atoms with E-state index in [9.17, 15) is 8.42 Å². The topological polar surface area (TPSA) is 69.6 Å². The van der Waals surface area contributed by atoms with Crippen molar-refractivity contribution < 1.29 is 13.5 Å². The number of nitrogens with one attached hydrogen (secondary N) is 1. The van der Waals surface area contributed by atoms with Crippen molar-refractivity contribution >= 4 is 22.0 Å². The Balaban J connectivity index is 2.50. The maximum Gasteiger partial charge on any atom is 0.279 e. The summed E-state index contributed by atoms with van der Waals surface area (Å²) in [6.07, 6.45) is 7.04. The third-order valence-electron chi connectivity index (χ3n) is 3.57. The SMILES string of the molecule is CSC1(CNS(=O)(=O)N(C)CCCO)CCCC1. The fraction of sp³-hybridized carbons (Fsp3) is 1.00. The van der Waals surface area contributed by atoms with Crippen molar-refractivity contribution in [2.75, 3.05) is 33.0 Å². The van der Waals surface area contributed by atoms with Gasteiger partial charge in [0.05, 0.1) is 0 Å². The average Bonchev–Trinajstić information content (AvgIpc) is 2.83. The number of aliphatic hydroxyl groups excluding tert-OH is 1. The van der Waals surface area contributed by atoms with Crippen molar-refractivity contribution in [3.63, 3.8) is 0 Å². The quantitative estimate of drug-likeness (QED) is 0.695. The van der Waals surface area contributed by atoms with Crippen LogP contribution in [-0.4, -0.2) is 55.6 Å². The zero-order valence-corrected chi connectivity index (χ0v) is 12.8. The molecule has 2 N–H and O–H groups in total. The van der Waals surface area contributed by atoms with Gasteiger partial charge in [0, 0.05) is 31.5 Å². The van der Waals surface area contributed by atoms with Gasteiger partial charge in [-0.1, -0.05) is 12.8 Å². The molecule has 108 valence electrons. The predicted molar refractivity (Wildman–Crippen MR) is 76.0 cm³/mol. The molecule has 0 aromatic carbocycles. The minimum Gasteiger partial charge on any atom is -0.396 e. The second kappa shape index (κ2) is 7.09.